The van der Waals surface area contributed by atoms with Crippen molar-refractivity contribution in [3.05, 3.63) is 30.1 Å². The summed E-state index contributed by atoms with van der Waals surface area (Å²) < 4.78 is 13.0. The molecule has 0 atom stereocenters. The summed E-state index contributed by atoms with van der Waals surface area (Å²) in [5.41, 5.74) is 0. The highest BCUT2D eigenvalue weighted by Gasteiger charge is 2.28. The Balaban J connectivity index is 1.48. The zero-order chi connectivity index (χ0) is 14.2. The fourth-order valence-corrected chi connectivity index (χ4v) is 3.03. The Morgan fingerprint density at radius 2 is 2.19 bits per heavy atom. The summed E-state index contributed by atoms with van der Waals surface area (Å²) in [7, 11) is 0. The van der Waals surface area contributed by atoms with Crippen LogP contribution in [0, 0.1) is 6.92 Å². The van der Waals surface area contributed by atoms with E-state index in [-0.39, 0.29) is 0 Å². The molecule has 3 heterocycles. The number of thioether (sulfide) groups is 1. The van der Waals surface area contributed by atoms with Crippen LogP contribution in [-0.2, 0) is 5.75 Å². The van der Waals surface area contributed by atoms with Crippen molar-refractivity contribution in [1.29, 1.82) is 0 Å². The lowest BCUT2D eigenvalue weighted by molar-refractivity contribution is 0.494. The van der Waals surface area contributed by atoms with Gasteiger partial charge < -0.3 is 13.4 Å². The molecule has 0 N–H and O–H groups in total. The molecule has 108 valence electrons. The molecule has 0 amide bonds. The van der Waals surface area contributed by atoms with Crippen molar-refractivity contribution in [3.63, 3.8) is 0 Å². The fourth-order valence-electron chi connectivity index (χ4n) is 2.14. The molecular weight excluding hydrogens is 290 g/mol. The molecule has 0 aliphatic heterocycles. The number of aromatic nitrogens is 5. The van der Waals surface area contributed by atoms with Gasteiger partial charge in [-0.15, -0.1) is 20.4 Å². The summed E-state index contributed by atoms with van der Waals surface area (Å²) in [6.45, 7) is 1.98. The molecule has 0 radical (unpaired) electrons. The molecule has 1 aliphatic rings. The second-order valence-corrected chi connectivity index (χ2v) is 5.84. The summed E-state index contributed by atoms with van der Waals surface area (Å²) in [4.78, 5) is 0. The molecular formula is C13H13N5O2S. The minimum absolute atomic E-state index is 0.399. The van der Waals surface area contributed by atoms with E-state index in [2.05, 4.69) is 25.0 Å². The van der Waals surface area contributed by atoms with Crippen LogP contribution in [0.1, 0.15) is 30.6 Å². The first-order valence-corrected chi connectivity index (χ1v) is 7.70. The SMILES string of the molecule is Cc1nnc(SCc2nnc(-c3ccco3)o2)n1C1CC1. The first-order valence-electron chi connectivity index (χ1n) is 6.72. The van der Waals surface area contributed by atoms with Crippen LogP contribution in [0.5, 0.6) is 0 Å². The zero-order valence-corrected chi connectivity index (χ0v) is 12.2. The largest absolute Gasteiger partial charge is 0.459 e. The van der Waals surface area contributed by atoms with E-state index in [0.29, 0.717) is 29.3 Å². The van der Waals surface area contributed by atoms with Crippen molar-refractivity contribution in [3.8, 4) is 11.7 Å². The highest BCUT2D eigenvalue weighted by Crippen LogP contribution is 2.39. The van der Waals surface area contributed by atoms with Gasteiger partial charge in [-0.2, -0.15) is 0 Å². The molecule has 0 bridgehead atoms. The number of hydrogen-bond donors (Lipinski definition) is 0. The van der Waals surface area contributed by atoms with Gasteiger partial charge in [0.05, 0.1) is 12.0 Å². The fraction of sp³-hybridized carbons (Fsp3) is 0.385. The predicted molar refractivity (Wildman–Crippen MR) is 74.6 cm³/mol. The van der Waals surface area contributed by atoms with Crippen LogP contribution < -0.4 is 0 Å². The monoisotopic (exact) mass is 303 g/mol. The van der Waals surface area contributed by atoms with Crippen molar-refractivity contribution >= 4 is 11.8 Å². The van der Waals surface area contributed by atoms with Crippen molar-refractivity contribution in [2.45, 2.75) is 36.7 Å². The molecule has 4 rings (SSSR count). The van der Waals surface area contributed by atoms with E-state index in [9.17, 15) is 0 Å². The molecule has 0 unspecified atom stereocenters. The molecule has 1 aliphatic carbocycles. The Labute approximate surface area is 124 Å². The van der Waals surface area contributed by atoms with Crippen LogP contribution in [0.25, 0.3) is 11.7 Å². The lowest BCUT2D eigenvalue weighted by atomic mass is 10.5. The molecule has 21 heavy (non-hydrogen) atoms. The summed E-state index contributed by atoms with van der Waals surface area (Å²) in [5.74, 6) is 3.06. The molecule has 1 saturated carbocycles. The maximum atomic E-state index is 5.58. The van der Waals surface area contributed by atoms with Crippen LogP contribution in [0.3, 0.4) is 0 Å². The Morgan fingerprint density at radius 3 is 2.95 bits per heavy atom. The maximum Gasteiger partial charge on any atom is 0.283 e. The maximum absolute atomic E-state index is 5.58. The van der Waals surface area contributed by atoms with Gasteiger partial charge in [-0.1, -0.05) is 11.8 Å². The second kappa shape index (κ2) is 5.03. The second-order valence-electron chi connectivity index (χ2n) is 4.90. The van der Waals surface area contributed by atoms with Gasteiger partial charge in [0, 0.05) is 6.04 Å². The van der Waals surface area contributed by atoms with E-state index in [1.165, 1.54) is 12.8 Å². The molecule has 0 spiro atoms. The van der Waals surface area contributed by atoms with Crippen molar-refractivity contribution in [1.82, 2.24) is 25.0 Å². The molecule has 0 aromatic carbocycles. The van der Waals surface area contributed by atoms with Gasteiger partial charge >= 0.3 is 0 Å². The van der Waals surface area contributed by atoms with Crippen molar-refractivity contribution in [2.24, 2.45) is 0 Å². The Bertz CT molecular complexity index is 745. The van der Waals surface area contributed by atoms with E-state index in [4.69, 9.17) is 8.83 Å². The predicted octanol–water partition coefficient (Wildman–Crippen LogP) is 2.86. The van der Waals surface area contributed by atoms with Crippen molar-refractivity contribution in [2.75, 3.05) is 0 Å². The van der Waals surface area contributed by atoms with Gasteiger partial charge in [-0.25, -0.2) is 0 Å². The van der Waals surface area contributed by atoms with Crippen molar-refractivity contribution < 1.29 is 8.83 Å². The first kappa shape index (κ1) is 12.6. The van der Waals surface area contributed by atoms with E-state index >= 15 is 0 Å². The number of aryl methyl sites for hydroxylation is 1. The highest BCUT2D eigenvalue weighted by atomic mass is 32.2. The molecule has 8 heteroatoms. The smallest absolute Gasteiger partial charge is 0.283 e. The lowest BCUT2D eigenvalue weighted by Gasteiger charge is -2.04. The summed E-state index contributed by atoms with van der Waals surface area (Å²) in [6, 6.07) is 4.13. The number of furan rings is 1. The van der Waals surface area contributed by atoms with Crippen LogP contribution in [0.15, 0.2) is 32.4 Å². The van der Waals surface area contributed by atoms with Gasteiger partial charge in [0.1, 0.15) is 5.82 Å². The molecule has 3 aromatic heterocycles. The van der Waals surface area contributed by atoms with Gasteiger partial charge in [0.25, 0.3) is 5.89 Å². The Kier molecular flexibility index (Phi) is 3.03. The highest BCUT2D eigenvalue weighted by molar-refractivity contribution is 7.98. The van der Waals surface area contributed by atoms with Gasteiger partial charge in [-0.3, -0.25) is 0 Å². The third-order valence-electron chi connectivity index (χ3n) is 3.27. The van der Waals surface area contributed by atoms with Crippen LogP contribution in [0.4, 0.5) is 0 Å². The van der Waals surface area contributed by atoms with Gasteiger partial charge in [0.2, 0.25) is 5.89 Å². The first-order chi connectivity index (χ1) is 10.3. The average molecular weight is 303 g/mol. The number of hydrogen-bond acceptors (Lipinski definition) is 7. The Morgan fingerprint density at radius 1 is 1.29 bits per heavy atom. The lowest BCUT2D eigenvalue weighted by Crippen LogP contribution is -1.99. The third kappa shape index (κ3) is 2.46. The van der Waals surface area contributed by atoms with E-state index in [0.717, 1.165) is 11.0 Å². The van der Waals surface area contributed by atoms with Gasteiger partial charge in [-0.05, 0) is 31.9 Å². The topological polar surface area (TPSA) is 82.8 Å². The number of rotatable bonds is 5. The van der Waals surface area contributed by atoms with Gasteiger partial charge in [0.15, 0.2) is 10.9 Å². The molecule has 1 fully saturated rings. The molecule has 3 aromatic rings. The standard InChI is InChI=1S/C13H13N5O2S/c1-8-14-17-13(18(8)9-4-5-9)21-7-11-15-16-12(20-11)10-3-2-6-19-10/h2-3,6,9H,4-5,7H2,1H3. The summed E-state index contributed by atoms with van der Waals surface area (Å²) >= 11 is 1.56. The molecule has 0 saturated heterocycles. The van der Waals surface area contributed by atoms with Crippen LogP contribution >= 0.6 is 11.8 Å². The minimum atomic E-state index is 0.399. The summed E-state index contributed by atoms with van der Waals surface area (Å²) in [5, 5.41) is 17.3. The quantitative estimate of drug-likeness (QED) is 0.670. The third-order valence-corrected chi connectivity index (χ3v) is 4.20. The number of nitrogens with zero attached hydrogens (tertiary/aromatic N) is 5. The van der Waals surface area contributed by atoms with E-state index < -0.39 is 0 Å². The molecule has 7 nitrogen and oxygen atoms in total. The van der Waals surface area contributed by atoms with Crippen LogP contribution in [-0.4, -0.2) is 25.0 Å². The Hall–Kier alpha value is -2.09. The zero-order valence-electron chi connectivity index (χ0n) is 11.4. The van der Waals surface area contributed by atoms with Crippen LogP contribution in [0.2, 0.25) is 0 Å². The normalized spacial score (nSPS) is 14.7. The van der Waals surface area contributed by atoms with E-state index in [1.54, 1.807) is 30.2 Å². The van der Waals surface area contributed by atoms with E-state index in [1.807, 2.05) is 6.92 Å². The minimum Gasteiger partial charge on any atom is -0.459 e. The average Bonchev–Trinajstić information content (AvgIpc) is 2.94. The summed E-state index contributed by atoms with van der Waals surface area (Å²) in [6.07, 6.45) is 3.99.